The summed E-state index contributed by atoms with van der Waals surface area (Å²) >= 11 is 5.98. The SMILES string of the molecule is O=C(NC(c1ccc(Cl)cc1)C1CC1)c1cn(C2CCNCC2)nn1. The van der Waals surface area contributed by atoms with Crippen molar-refractivity contribution >= 4 is 17.5 Å². The second-order valence-corrected chi connectivity index (χ2v) is 7.34. The van der Waals surface area contributed by atoms with Crippen molar-refractivity contribution in [3.8, 4) is 0 Å². The van der Waals surface area contributed by atoms with Crippen molar-refractivity contribution in [3.05, 3.63) is 46.7 Å². The number of aromatic nitrogens is 3. The summed E-state index contributed by atoms with van der Waals surface area (Å²) in [7, 11) is 0. The summed E-state index contributed by atoms with van der Waals surface area (Å²) in [5.41, 5.74) is 1.48. The van der Waals surface area contributed by atoms with E-state index in [9.17, 15) is 4.79 Å². The van der Waals surface area contributed by atoms with E-state index in [4.69, 9.17) is 11.6 Å². The van der Waals surface area contributed by atoms with Crippen LogP contribution in [0.25, 0.3) is 0 Å². The molecule has 1 unspecified atom stereocenters. The minimum Gasteiger partial charge on any atom is -0.344 e. The molecule has 1 saturated carbocycles. The predicted molar refractivity (Wildman–Crippen MR) is 95.5 cm³/mol. The molecule has 1 aliphatic heterocycles. The fraction of sp³-hybridized carbons (Fsp3) is 0.500. The third kappa shape index (κ3) is 3.85. The van der Waals surface area contributed by atoms with E-state index in [-0.39, 0.29) is 11.9 Å². The standard InChI is InChI=1S/C18H22ClN5O/c19-14-5-3-13(4-6-14)17(12-1-2-12)21-18(25)16-11-24(23-22-16)15-7-9-20-10-8-15/h3-6,11-12,15,17,20H,1-2,7-10H2,(H,21,25). The number of nitrogens with one attached hydrogen (secondary N) is 2. The van der Waals surface area contributed by atoms with Crippen molar-refractivity contribution in [1.82, 2.24) is 25.6 Å². The molecule has 6 nitrogen and oxygen atoms in total. The molecule has 1 atom stereocenters. The zero-order valence-corrected chi connectivity index (χ0v) is 14.7. The van der Waals surface area contributed by atoms with Crippen LogP contribution in [0.3, 0.4) is 0 Å². The van der Waals surface area contributed by atoms with E-state index in [1.165, 1.54) is 0 Å². The van der Waals surface area contributed by atoms with Crippen LogP contribution in [-0.4, -0.2) is 34.0 Å². The molecule has 1 aromatic carbocycles. The highest BCUT2D eigenvalue weighted by Crippen LogP contribution is 2.41. The largest absolute Gasteiger partial charge is 0.344 e. The van der Waals surface area contributed by atoms with Crippen LogP contribution in [0.2, 0.25) is 5.02 Å². The lowest BCUT2D eigenvalue weighted by Crippen LogP contribution is -2.30. The minimum absolute atomic E-state index is 0.00815. The van der Waals surface area contributed by atoms with Gasteiger partial charge in [-0.05, 0) is 62.4 Å². The first-order valence-electron chi connectivity index (χ1n) is 8.89. The van der Waals surface area contributed by atoms with Crippen LogP contribution in [0.4, 0.5) is 0 Å². The number of nitrogens with zero attached hydrogens (tertiary/aromatic N) is 3. The Bertz CT molecular complexity index is 734. The normalized spacial score (nSPS) is 19.6. The number of hydrogen-bond acceptors (Lipinski definition) is 4. The topological polar surface area (TPSA) is 71.8 Å². The summed E-state index contributed by atoms with van der Waals surface area (Å²) in [6.45, 7) is 1.96. The summed E-state index contributed by atoms with van der Waals surface area (Å²) < 4.78 is 1.84. The number of hydrogen-bond donors (Lipinski definition) is 2. The van der Waals surface area contributed by atoms with Crippen LogP contribution in [0.1, 0.15) is 53.8 Å². The molecule has 2 fully saturated rings. The van der Waals surface area contributed by atoms with Crippen molar-refractivity contribution in [2.24, 2.45) is 5.92 Å². The van der Waals surface area contributed by atoms with E-state index in [2.05, 4.69) is 20.9 Å². The second-order valence-electron chi connectivity index (χ2n) is 6.91. The maximum absolute atomic E-state index is 12.7. The number of piperidine rings is 1. The van der Waals surface area contributed by atoms with Gasteiger partial charge in [0.15, 0.2) is 5.69 Å². The molecule has 1 saturated heterocycles. The first kappa shape index (κ1) is 16.5. The molecule has 2 aromatic rings. The lowest BCUT2D eigenvalue weighted by molar-refractivity contribution is 0.0926. The van der Waals surface area contributed by atoms with Gasteiger partial charge in [0, 0.05) is 5.02 Å². The third-order valence-corrected chi connectivity index (χ3v) is 5.29. The average molecular weight is 360 g/mol. The smallest absolute Gasteiger partial charge is 0.273 e. The summed E-state index contributed by atoms with van der Waals surface area (Å²) in [5, 5.41) is 15.4. The zero-order chi connectivity index (χ0) is 17.2. The average Bonchev–Trinajstić information content (AvgIpc) is 3.36. The highest BCUT2D eigenvalue weighted by Gasteiger charge is 2.34. The molecule has 2 heterocycles. The van der Waals surface area contributed by atoms with Gasteiger partial charge in [0.1, 0.15) is 0 Å². The first-order valence-corrected chi connectivity index (χ1v) is 9.27. The summed E-state index contributed by atoms with van der Waals surface area (Å²) in [5.74, 6) is 0.330. The molecular formula is C18H22ClN5O. The predicted octanol–water partition coefficient (Wildman–Crippen LogP) is 2.74. The highest BCUT2D eigenvalue weighted by molar-refractivity contribution is 6.30. The molecule has 7 heteroatoms. The van der Waals surface area contributed by atoms with Crippen LogP contribution in [0, 0.1) is 5.92 Å². The van der Waals surface area contributed by atoms with Gasteiger partial charge >= 0.3 is 0 Å². The highest BCUT2D eigenvalue weighted by atomic mass is 35.5. The number of amides is 1. The molecule has 0 radical (unpaired) electrons. The Hall–Kier alpha value is -1.92. The monoisotopic (exact) mass is 359 g/mol. The fourth-order valence-electron chi connectivity index (χ4n) is 3.42. The molecule has 2 N–H and O–H groups in total. The van der Waals surface area contributed by atoms with Gasteiger partial charge in [0.2, 0.25) is 0 Å². The van der Waals surface area contributed by atoms with Gasteiger partial charge in [-0.15, -0.1) is 5.10 Å². The van der Waals surface area contributed by atoms with E-state index in [1.807, 2.05) is 28.9 Å². The maximum Gasteiger partial charge on any atom is 0.273 e. The molecule has 25 heavy (non-hydrogen) atoms. The van der Waals surface area contributed by atoms with Crippen molar-refractivity contribution in [3.63, 3.8) is 0 Å². The van der Waals surface area contributed by atoms with Crippen LogP contribution in [0.5, 0.6) is 0 Å². The van der Waals surface area contributed by atoms with Gasteiger partial charge in [-0.3, -0.25) is 4.79 Å². The number of halogens is 1. The number of benzene rings is 1. The summed E-state index contributed by atoms with van der Waals surface area (Å²) in [4.78, 5) is 12.7. The Kier molecular flexibility index (Phi) is 4.72. The van der Waals surface area contributed by atoms with Gasteiger partial charge < -0.3 is 10.6 Å². The molecule has 2 aliphatic rings. The van der Waals surface area contributed by atoms with E-state index in [0.717, 1.165) is 44.3 Å². The molecule has 1 aliphatic carbocycles. The van der Waals surface area contributed by atoms with E-state index in [1.54, 1.807) is 6.20 Å². The van der Waals surface area contributed by atoms with Crippen molar-refractivity contribution in [1.29, 1.82) is 0 Å². The van der Waals surface area contributed by atoms with E-state index >= 15 is 0 Å². The number of carbonyl (C=O) groups is 1. The molecule has 0 bridgehead atoms. The minimum atomic E-state index is -0.160. The Morgan fingerprint density at radius 1 is 1.20 bits per heavy atom. The van der Waals surface area contributed by atoms with Crippen molar-refractivity contribution in [2.45, 2.75) is 37.8 Å². The van der Waals surface area contributed by atoms with Crippen molar-refractivity contribution < 1.29 is 4.79 Å². The molecular weight excluding hydrogens is 338 g/mol. The number of carbonyl (C=O) groups excluding carboxylic acids is 1. The summed E-state index contributed by atoms with van der Waals surface area (Å²) in [6, 6.07) is 8.03. The Labute approximate surface area is 151 Å². The molecule has 1 amide bonds. The lowest BCUT2D eigenvalue weighted by atomic mass is 10.0. The zero-order valence-electron chi connectivity index (χ0n) is 14.0. The van der Waals surface area contributed by atoms with E-state index in [0.29, 0.717) is 22.7 Å². The Morgan fingerprint density at radius 3 is 2.60 bits per heavy atom. The summed E-state index contributed by atoms with van der Waals surface area (Å²) in [6.07, 6.45) is 6.07. The van der Waals surface area contributed by atoms with Gasteiger partial charge in [-0.1, -0.05) is 28.9 Å². The maximum atomic E-state index is 12.7. The third-order valence-electron chi connectivity index (χ3n) is 5.03. The lowest BCUT2D eigenvalue weighted by Gasteiger charge is -2.22. The first-order chi connectivity index (χ1) is 12.2. The molecule has 4 rings (SSSR count). The van der Waals surface area contributed by atoms with Gasteiger partial charge in [-0.2, -0.15) is 0 Å². The van der Waals surface area contributed by atoms with Gasteiger partial charge in [0.25, 0.3) is 5.91 Å². The van der Waals surface area contributed by atoms with Crippen LogP contribution >= 0.6 is 11.6 Å². The van der Waals surface area contributed by atoms with Crippen molar-refractivity contribution in [2.75, 3.05) is 13.1 Å². The van der Waals surface area contributed by atoms with Gasteiger partial charge in [-0.25, -0.2) is 4.68 Å². The van der Waals surface area contributed by atoms with E-state index < -0.39 is 0 Å². The number of rotatable bonds is 5. The van der Waals surface area contributed by atoms with Crippen LogP contribution < -0.4 is 10.6 Å². The fourth-order valence-corrected chi connectivity index (χ4v) is 3.54. The molecule has 132 valence electrons. The van der Waals surface area contributed by atoms with Crippen LogP contribution in [-0.2, 0) is 0 Å². The molecule has 1 aromatic heterocycles. The van der Waals surface area contributed by atoms with Gasteiger partial charge in [0.05, 0.1) is 18.3 Å². The second kappa shape index (κ2) is 7.14. The van der Waals surface area contributed by atoms with Crippen LogP contribution in [0.15, 0.2) is 30.5 Å². The molecule has 0 spiro atoms. The Morgan fingerprint density at radius 2 is 1.92 bits per heavy atom. The Balaban J connectivity index is 1.46. The quantitative estimate of drug-likeness (QED) is 0.861.